The number of carbonyl (C=O) groups is 1. The molecule has 106 valence electrons. The standard InChI is InChI=1S/C14H29N3O/c1-5-6-10-17(11-13-8-7-9-15-13)12(2)14(18)16(3)4/h12-13,15H,5-11H2,1-4H3. The van der Waals surface area contributed by atoms with Gasteiger partial charge in [-0.05, 0) is 39.3 Å². The molecule has 1 N–H and O–H groups in total. The van der Waals surface area contributed by atoms with Crippen molar-refractivity contribution in [3.8, 4) is 0 Å². The van der Waals surface area contributed by atoms with Gasteiger partial charge in [-0.1, -0.05) is 13.3 Å². The van der Waals surface area contributed by atoms with Gasteiger partial charge < -0.3 is 10.2 Å². The summed E-state index contributed by atoms with van der Waals surface area (Å²) in [5.74, 6) is 0.212. The molecule has 0 aromatic carbocycles. The third kappa shape index (κ3) is 4.58. The molecule has 0 radical (unpaired) electrons. The summed E-state index contributed by atoms with van der Waals surface area (Å²) >= 11 is 0. The van der Waals surface area contributed by atoms with E-state index in [9.17, 15) is 4.79 Å². The summed E-state index contributed by atoms with van der Waals surface area (Å²) in [5.41, 5.74) is 0. The molecule has 0 bridgehead atoms. The summed E-state index contributed by atoms with van der Waals surface area (Å²) in [7, 11) is 3.68. The molecule has 4 heteroatoms. The summed E-state index contributed by atoms with van der Waals surface area (Å²) in [6.07, 6.45) is 4.85. The number of nitrogens with one attached hydrogen (secondary N) is 1. The molecule has 1 aliphatic heterocycles. The van der Waals surface area contributed by atoms with E-state index in [2.05, 4.69) is 17.1 Å². The Kier molecular flexibility index (Phi) is 6.65. The van der Waals surface area contributed by atoms with Crippen molar-refractivity contribution >= 4 is 5.91 Å². The molecule has 0 saturated carbocycles. The van der Waals surface area contributed by atoms with Gasteiger partial charge in [0.25, 0.3) is 0 Å². The number of nitrogens with zero attached hydrogens (tertiary/aromatic N) is 2. The number of hydrogen-bond donors (Lipinski definition) is 1. The molecule has 1 amide bonds. The van der Waals surface area contributed by atoms with E-state index in [4.69, 9.17) is 0 Å². The summed E-state index contributed by atoms with van der Waals surface area (Å²) < 4.78 is 0. The summed E-state index contributed by atoms with van der Waals surface area (Å²) in [6, 6.07) is 0.563. The first-order valence-electron chi connectivity index (χ1n) is 7.24. The third-order valence-corrected chi connectivity index (χ3v) is 3.76. The van der Waals surface area contributed by atoms with Gasteiger partial charge in [0.2, 0.25) is 5.91 Å². The summed E-state index contributed by atoms with van der Waals surface area (Å²) in [4.78, 5) is 16.1. The normalized spacial score (nSPS) is 21.3. The average Bonchev–Trinajstić information content (AvgIpc) is 2.85. The highest BCUT2D eigenvalue weighted by atomic mass is 16.2. The first-order chi connectivity index (χ1) is 8.56. The fraction of sp³-hybridized carbons (Fsp3) is 0.929. The van der Waals surface area contributed by atoms with Crippen LogP contribution < -0.4 is 5.32 Å². The Hall–Kier alpha value is -0.610. The van der Waals surface area contributed by atoms with Crippen LogP contribution in [0.2, 0.25) is 0 Å². The van der Waals surface area contributed by atoms with Crippen molar-refractivity contribution in [2.45, 2.75) is 51.6 Å². The molecular formula is C14H29N3O. The van der Waals surface area contributed by atoms with E-state index in [1.54, 1.807) is 4.90 Å². The molecule has 0 aromatic rings. The lowest BCUT2D eigenvalue weighted by Crippen LogP contribution is -2.49. The van der Waals surface area contributed by atoms with E-state index < -0.39 is 0 Å². The number of amides is 1. The van der Waals surface area contributed by atoms with Crippen molar-refractivity contribution in [1.29, 1.82) is 0 Å². The maximum atomic E-state index is 12.1. The van der Waals surface area contributed by atoms with Crippen molar-refractivity contribution in [2.24, 2.45) is 0 Å². The van der Waals surface area contributed by atoms with E-state index in [0.717, 1.165) is 26.1 Å². The van der Waals surface area contributed by atoms with Crippen LogP contribution in [0.25, 0.3) is 0 Å². The second-order valence-corrected chi connectivity index (χ2v) is 5.55. The zero-order valence-electron chi connectivity index (χ0n) is 12.4. The highest BCUT2D eigenvalue weighted by Gasteiger charge is 2.25. The fourth-order valence-electron chi connectivity index (χ4n) is 2.53. The van der Waals surface area contributed by atoms with Crippen molar-refractivity contribution in [3.05, 3.63) is 0 Å². The van der Waals surface area contributed by atoms with Crippen LogP contribution in [0.4, 0.5) is 0 Å². The van der Waals surface area contributed by atoms with Gasteiger partial charge in [-0.2, -0.15) is 0 Å². The van der Waals surface area contributed by atoms with Crippen LogP contribution >= 0.6 is 0 Å². The predicted octanol–water partition coefficient (Wildman–Crippen LogP) is 1.32. The molecule has 1 fully saturated rings. The maximum Gasteiger partial charge on any atom is 0.239 e. The van der Waals surface area contributed by atoms with Gasteiger partial charge in [0.15, 0.2) is 0 Å². The molecule has 2 atom stereocenters. The molecule has 1 rings (SSSR count). The molecule has 0 aromatic heterocycles. The Morgan fingerprint density at radius 3 is 2.67 bits per heavy atom. The minimum atomic E-state index is -0.00560. The van der Waals surface area contributed by atoms with Crippen molar-refractivity contribution in [3.63, 3.8) is 0 Å². The topological polar surface area (TPSA) is 35.6 Å². The SMILES string of the molecule is CCCCN(CC1CCCN1)C(C)C(=O)N(C)C. The quantitative estimate of drug-likeness (QED) is 0.745. The molecule has 1 heterocycles. The molecule has 18 heavy (non-hydrogen) atoms. The summed E-state index contributed by atoms with van der Waals surface area (Å²) in [5, 5.41) is 3.52. The number of hydrogen-bond acceptors (Lipinski definition) is 3. The van der Waals surface area contributed by atoms with Crippen LogP contribution in [0.15, 0.2) is 0 Å². The smallest absolute Gasteiger partial charge is 0.239 e. The Morgan fingerprint density at radius 2 is 2.17 bits per heavy atom. The van der Waals surface area contributed by atoms with E-state index in [1.165, 1.54) is 19.3 Å². The molecule has 0 aliphatic carbocycles. The lowest BCUT2D eigenvalue weighted by molar-refractivity contribution is -0.134. The highest BCUT2D eigenvalue weighted by Crippen LogP contribution is 2.11. The third-order valence-electron chi connectivity index (χ3n) is 3.76. The second kappa shape index (κ2) is 7.74. The minimum Gasteiger partial charge on any atom is -0.347 e. The fourth-order valence-corrected chi connectivity index (χ4v) is 2.53. The van der Waals surface area contributed by atoms with E-state index in [0.29, 0.717) is 6.04 Å². The van der Waals surface area contributed by atoms with E-state index in [1.807, 2.05) is 21.0 Å². The largest absolute Gasteiger partial charge is 0.347 e. The molecule has 4 nitrogen and oxygen atoms in total. The van der Waals surface area contributed by atoms with Crippen LogP contribution in [0.5, 0.6) is 0 Å². The van der Waals surface area contributed by atoms with Crippen molar-refractivity contribution in [1.82, 2.24) is 15.1 Å². The number of unbranched alkanes of at least 4 members (excludes halogenated alkanes) is 1. The average molecular weight is 255 g/mol. The van der Waals surface area contributed by atoms with Gasteiger partial charge in [-0.25, -0.2) is 0 Å². The highest BCUT2D eigenvalue weighted by molar-refractivity contribution is 5.80. The molecule has 1 saturated heterocycles. The zero-order valence-corrected chi connectivity index (χ0v) is 12.4. The number of carbonyl (C=O) groups excluding carboxylic acids is 1. The Bertz CT molecular complexity index is 249. The van der Waals surface area contributed by atoms with Crippen LogP contribution in [0.3, 0.4) is 0 Å². The van der Waals surface area contributed by atoms with Gasteiger partial charge in [-0.15, -0.1) is 0 Å². The number of rotatable bonds is 7. The van der Waals surface area contributed by atoms with Crippen molar-refractivity contribution in [2.75, 3.05) is 33.7 Å². The Balaban J connectivity index is 2.54. The van der Waals surface area contributed by atoms with Gasteiger partial charge >= 0.3 is 0 Å². The van der Waals surface area contributed by atoms with Gasteiger partial charge in [0.05, 0.1) is 6.04 Å². The van der Waals surface area contributed by atoms with Crippen LogP contribution in [0.1, 0.15) is 39.5 Å². The monoisotopic (exact) mass is 255 g/mol. The van der Waals surface area contributed by atoms with Crippen LogP contribution in [0, 0.1) is 0 Å². The zero-order chi connectivity index (χ0) is 13.5. The second-order valence-electron chi connectivity index (χ2n) is 5.55. The minimum absolute atomic E-state index is 0.00560. The number of likely N-dealkylation sites (N-methyl/N-ethyl adjacent to an activating group) is 1. The first-order valence-corrected chi connectivity index (χ1v) is 7.24. The first kappa shape index (κ1) is 15.4. The van der Waals surface area contributed by atoms with Gasteiger partial charge in [0.1, 0.15) is 0 Å². The van der Waals surface area contributed by atoms with Crippen LogP contribution in [-0.2, 0) is 4.79 Å². The molecule has 1 aliphatic rings. The molecule has 0 spiro atoms. The van der Waals surface area contributed by atoms with Gasteiger partial charge in [-0.3, -0.25) is 9.69 Å². The molecule has 2 unspecified atom stereocenters. The lowest BCUT2D eigenvalue weighted by atomic mass is 10.1. The Morgan fingerprint density at radius 1 is 1.44 bits per heavy atom. The van der Waals surface area contributed by atoms with Crippen molar-refractivity contribution < 1.29 is 4.79 Å². The van der Waals surface area contributed by atoms with Crippen LogP contribution in [-0.4, -0.2) is 61.5 Å². The Labute approximate surface area is 112 Å². The maximum absolute atomic E-state index is 12.1. The van der Waals surface area contributed by atoms with E-state index in [-0.39, 0.29) is 11.9 Å². The lowest BCUT2D eigenvalue weighted by Gasteiger charge is -2.32. The van der Waals surface area contributed by atoms with E-state index >= 15 is 0 Å². The van der Waals surface area contributed by atoms with Gasteiger partial charge in [0, 0.05) is 26.7 Å². The predicted molar refractivity (Wildman–Crippen MR) is 75.7 cm³/mol. The summed E-state index contributed by atoms with van der Waals surface area (Å²) in [6.45, 7) is 7.38. The molecular weight excluding hydrogens is 226 g/mol.